The van der Waals surface area contributed by atoms with Crippen LogP contribution in [0.2, 0.25) is 0 Å². The first-order valence-corrected chi connectivity index (χ1v) is 7.58. The van der Waals surface area contributed by atoms with Gasteiger partial charge in [-0.2, -0.15) is 5.10 Å². The first-order chi connectivity index (χ1) is 12.2. The van der Waals surface area contributed by atoms with E-state index in [-0.39, 0.29) is 5.70 Å². The first kappa shape index (κ1) is 16.5. The van der Waals surface area contributed by atoms with Crippen LogP contribution in [0.25, 0.3) is 6.08 Å². The summed E-state index contributed by atoms with van der Waals surface area (Å²) in [5.74, 6) is -1.29. The van der Waals surface area contributed by atoms with Gasteiger partial charge >= 0.3 is 11.9 Å². The van der Waals surface area contributed by atoms with Gasteiger partial charge in [0.25, 0.3) is 0 Å². The smallest absolute Gasteiger partial charge is 0.355 e. The summed E-state index contributed by atoms with van der Waals surface area (Å²) in [5, 5.41) is 4.30. The van der Waals surface area contributed by atoms with Gasteiger partial charge in [-0.3, -0.25) is 0 Å². The SMILES string of the molecule is COC(=O)/C=C(\C(=O)OC)N1C=Cc2ccccc2C1n1cccn1. The van der Waals surface area contributed by atoms with Gasteiger partial charge in [-0.05, 0) is 17.7 Å². The van der Waals surface area contributed by atoms with E-state index in [1.165, 1.54) is 14.2 Å². The van der Waals surface area contributed by atoms with Crippen molar-refractivity contribution >= 4 is 18.0 Å². The molecule has 1 aliphatic rings. The van der Waals surface area contributed by atoms with E-state index in [0.717, 1.165) is 17.2 Å². The molecule has 0 saturated carbocycles. The molecule has 0 fully saturated rings. The maximum Gasteiger partial charge on any atom is 0.355 e. The van der Waals surface area contributed by atoms with Gasteiger partial charge in [0.05, 0.1) is 20.3 Å². The molecule has 0 aliphatic carbocycles. The van der Waals surface area contributed by atoms with Crippen LogP contribution in [0.3, 0.4) is 0 Å². The first-order valence-electron chi connectivity index (χ1n) is 7.58. The lowest BCUT2D eigenvalue weighted by Gasteiger charge is -2.35. The number of aromatic nitrogens is 2. The highest BCUT2D eigenvalue weighted by Crippen LogP contribution is 2.34. The Kier molecular flexibility index (Phi) is 4.65. The van der Waals surface area contributed by atoms with E-state index in [1.54, 1.807) is 34.2 Å². The Hall–Kier alpha value is -3.35. The zero-order valence-corrected chi connectivity index (χ0v) is 13.8. The predicted molar refractivity (Wildman–Crippen MR) is 89.8 cm³/mol. The highest BCUT2D eigenvalue weighted by atomic mass is 16.5. The summed E-state index contributed by atoms with van der Waals surface area (Å²) in [6.07, 6.45) is 7.71. The van der Waals surface area contributed by atoms with E-state index in [9.17, 15) is 9.59 Å². The number of esters is 2. The zero-order valence-electron chi connectivity index (χ0n) is 13.8. The van der Waals surface area contributed by atoms with Gasteiger partial charge in [-0.25, -0.2) is 14.3 Å². The van der Waals surface area contributed by atoms with E-state index in [1.807, 2.05) is 30.3 Å². The number of methoxy groups -OCH3 is 2. The molecule has 3 rings (SSSR count). The molecule has 7 nitrogen and oxygen atoms in total. The molecule has 128 valence electrons. The Morgan fingerprint density at radius 2 is 1.96 bits per heavy atom. The molecule has 25 heavy (non-hydrogen) atoms. The topological polar surface area (TPSA) is 73.7 Å². The zero-order chi connectivity index (χ0) is 17.8. The molecule has 2 aromatic rings. The van der Waals surface area contributed by atoms with Crippen LogP contribution in [0, 0.1) is 0 Å². The second-order valence-corrected chi connectivity index (χ2v) is 5.26. The van der Waals surface area contributed by atoms with Crippen molar-refractivity contribution in [2.45, 2.75) is 6.17 Å². The van der Waals surface area contributed by atoms with E-state index >= 15 is 0 Å². The molecule has 0 spiro atoms. The maximum atomic E-state index is 12.3. The molecule has 1 unspecified atom stereocenters. The van der Waals surface area contributed by atoms with E-state index in [4.69, 9.17) is 4.74 Å². The van der Waals surface area contributed by atoms with Crippen molar-refractivity contribution in [3.63, 3.8) is 0 Å². The van der Waals surface area contributed by atoms with Crippen molar-refractivity contribution in [1.82, 2.24) is 14.7 Å². The maximum absolute atomic E-state index is 12.3. The Morgan fingerprint density at radius 1 is 1.16 bits per heavy atom. The lowest BCUT2D eigenvalue weighted by atomic mass is 10.0. The minimum atomic E-state index is -0.647. The summed E-state index contributed by atoms with van der Waals surface area (Å²) in [5.41, 5.74) is 2.00. The molecule has 0 bridgehead atoms. The fourth-order valence-electron chi connectivity index (χ4n) is 2.71. The molecule has 1 aliphatic heterocycles. The Morgan fingerprint density at radius 3 is 2.64 bits per heavy atom. The fraction of sp³-hybridized carbons (Fsp3) is 0.167. The molecule has 0 radical (unpaired) electrons. The summed E-state index contributed by atoms with van der Waals surface area (Å²) in [4.78, 5) is 25.7. The normalized spacial score (nSPS) is 16.3. The van der Waals surface area contributed by atoms with Gasteiger partial charge in [0.15, 0.2) is 6.17 Å². The number of hydrogen-bond acceptors (Lipinski definition) is 6. The van der Waals surface area contributed by atoms with Crippen molar-refractivity contribution in [1.29, 1.82) is 0 Å². The largest absolute Gasteiger partial charge is 0.466 e. The van der Waals surface area contributed by atoms with Gasteiger partial charge in [0.1, 0.15) is 5.70 Å². The number of rotatable bonds is 4. The average molecular weight is 339 g/mol. The standard InChI is InChI=1S/C18H17N3O4/c1-24-16(22)12-15(18(23)25-2)20-11-8-13-6-3-4-7-14(13)17(20)21-10-5-9-19-21/h3-12,17H,1-2H3/b15-12+. The van der Waals surface area contributed by atoms with Crippen LogP contribution >= 0.6 is 0 Å². The minimum Gasteiger partial charge on any atom is -0.466 e. The van der Waals surface area contributed by atoms with Crippen LogP contribution in [0.5, 0.6) is 0 Å². The number of benzene rings is 1. The molecule has 2 heterocycles. The number of hydrogen-bond donors (Lipinski definition) is 0. The summed E-state index contributed by atoms with van der Waals surface area (Å²) < 4.78 is 11.2. The van der Waals surface area contributed by atoms with Crippen LogP contribution in [-0.2, 0) is 19.1 Å². The summed E-state index contributed by atoms with van der Waals surface area (Å²) >= 11 is 0. The summed E-state index contributed by atoms with van der Waals surface area (Å²) in [6, 6.07) is 9.56. The highest BCUT2D eigenvalue weighted by Gasteiger charge is 2.31. The van der Waals surface area contributed by atoms with Crippen LogP contribution in [-0.4, -0.2) is 40.8 Å². The lowest BCUT2D eigenvalue weighted by Crippen LogP contribution is -2.35. The fourth-order valence-corrected chi connectivity index (χ4v) is 2.71. The number of carbonyl (C=O) groups excluding carboxylic acids is 2. The molecular weight excluding hydrogens is 322 g/mol. The third-order valence-electron chi connectivity index (χ3n) is 3.86. The van der Waals surface area contributed by atoms with E-state index in [2.05, 4.69) is 9.84 Å². The summed E-state index contributed by atoms with van der Waals surface area (Å²) in [6.45, 7) is 0. The third-order valence-corrected chi connectivity index (χ3v) is 3.86. The predicted octanol–water partition coefficient (Wildman–Crippen LogP) is 1.95. The molecule has 0 N–H and O–H groups in total. The van der Waals surface area contributed by atoms with Crippen LogP contribution in [0.15, 0.2) is 60.7 Å². The van der Waals surface area contributed by atoms with Crippen molar-refractivity contribution < 1.29 is 19.1 Å². The van der Waals surface area contributed by atoms with Gasteiger partial charge in [-0.15, -0.1) is 0 Å². The number of nitrogens with zero attached hydrogens (tertiary/aromatic N) is 3. The second-order valence-electron chi connectivity index (χ2n) is 5.26. The average Bonchev–Trinajstić information content (AvgIpc) is 3.18. The quantitative estimate of drug-likeness (QED) is 0.626. The Balaban J connectivity index is 2.14. The van der Waals surface area contributed by atoms with Crippen molar-refractivity contribution in [3.8, 4) is 0 Å². The second kappa shape index (κ2) is 7.04. The molecule has 0 amide bonds. The van der Waals surface area contributed by atoms with E-state index in [0.29, 0.717) is 0 Å². The molecule has 7 heteroatoms. The number of ether oxygens (including phenoxy) is 2. The van der Waals surface area contributed by atoms with Crippen LogP contribution in [0.4, 0.5) is 0 Å². The summed E-state index contributed by atoms with van der Waals surface area (Å²) in [7, 11) is 2.51. The van der Waals surface area contributed by atoms with Gasteiger partial charge < -0.3 is 14.4 Å². The van der Waals surface area contributed by atoms with Gasteiger partial charge in [0, 0.05) is 24.2 Å². The third kappa shape index (κ3) is 3.16. The molecule has 1 aromatic carbocycles. The Bertz CT molecular complexity index is 840. The molecule has 1 aromatic heterocycles. The number of fused-ring (bicyclic) bond motifs is 1. The lowest BCUT2D eigenvalue weighted by molar-refractivity contribution is -0.140. The number of carbonyl (C=O) groups is 2. The highest BCUT2D eigenvalue weighted by molar-refractivity contribution is 5.96. The van der Waals surface area contributed by atoms with Gasteiger partial charge in [0.2, 0.25) is 0 Å². The Labute approximate surface area is 144 Å². The molecule has 1 atom stereocenters. The van der Waals surface area contributed by atoms with Crippen molar-refractivity contribution in [3.05, 3.63) is 71.8 Å². The van der Waals surface area contributed by atoms with Crippen molar-refractivity contribution in [2.24, 2.45) is 0 Å². The van der Waals surface area contributed by atoms with Crippen molar-refractivity contribution in [2.75, 3.05) is 14.2 Å². The van der Waals surface area contributed by atoms with Crippen LogP contribution < -0.4 is 0 Å². The molecule has 0 saturated heterocycles. The van der Waals surface area contributed by atoms with E-state index < -0.39 is 18.1 Å². The van der Waals surface area contributed by atoms with Gasteiger partial charge in [-0.1, -0.05) is 24.3 Å². The van der Waals surface area contributed by atoms with Crippen LogP contribution in [0.1, 0.15) is 17.3 Å². The minimum absolute atomic E-state index is 0.0561. The molecular formula is C18H17N3O4. The monoisotopic (exact) mass is 339 g/mol.